The zero-order chi connectivity index (χ0) is 38.2. The van der Waals surface area contributed by atoms with Crippen molar-refractivity contribution in [2.75, 3.05) is 53.7 Å². The molecule has 2 aromatic carbocycles. The molecule has 3 amide bonds. The van der Waals surface area contributed by atoms with Crippen LogP contribution >= 0.6 is 0 Å². The van der Waals surface area contributed by atoms with E-state index in [1.54, 1.807) is 24.3 Å². The van der Waals surface area contributed by atoms with E-state index >= 15 is 0 Å². The minimum Gasteiger partial charge on any atom is -0.378 e. The number of likely N-dealkylation sites (N-methyl/N-ethyl adjacent to an activating group) is 2. The Labute approximate surface area is 318 Å². The molecule has 0 bridgehead atoms. The fourth-order valence-corrected chi connectivity index (χ4v) is 6.32. The van der Waals surface area contributed by atoms with E-state index in [2.05, 4.69) is 22.6 Å². The highest BCUT2D eigenvalue weighted by molar-refractivity contribution is 6.12. The van der Waals surface area contributed by atoms with E-state index in [0.29, 0.717) is 45.0 Å². The number of carbonyl (C=O) groups excluding carboxylic acids is 3. The summed E-state index contributed by atoms with van der Waals surface area (Å²) in [5, 5.41) is 2.48. The van der Waals surface area contributed by atoms with Crippen LogP contribution in [0.15, 0.2) is 48.5 Å². The predicted molar refractivity (Wildman–Crippen MR) is 199 cm³/mol. The van der Waals surface area contributed by atoms with E-state index in [-0.39, 0.29) is 24.2 Å². The van der Waals surface area contributed by atoms with Crippen LogP contribution in [0.1, 0.15) is 104 Å². The third-order valence-electron chi connectivity index (χ3n) is 9.87. The van der Waals surface area contributed by atoms with Crippen molar-refractivity contribution in [1.82, 2.24) is 15.7 Å². The van der Waals surface area contributed by atoms with Crippen LogP contribution in [-0.2, 0) is 42.8 Å². The summed E-state index contributed by atoms with van der Waals surface area (Å²) >= 11 is 0. The molecule has 5 atom stereocenters. The highest BCUT2D eigenvalue weighted by Gasteiger charge is 2.47. The lowest BCUT2D eigenvalue weighted by Crippen LogP contribution is -2.65. The highest BCUT2D eigenvalue weighted by atomic mass is 16.8. The minimum absolute atomic E-state index is 0.0993. The van der Waals surface area contributed by atoms with Crippen LogP contribution in [0.3, 0.4) is 0 Å². The number of hydrogen-bond acceptors (Lipinski definition) is 10. The maximum Gasteiger partial charge on any atom is 0.279 e. The van der Waals surface area contributed by atoms with E-state index in [9.17, 15) is 14.4 Å². The Bertz CT molecular complexity index is 1540. The van der Waals surface area contributed by atoms with Crippen LogP contribution in [0, 0.1) is 11.8 Å². The van der Waals surface area contributed by atoms with E-state index in [0.717, 1.165) is 80.4 Å². The molecule has 2 aromatic rings. The van der Waals surface area contributed by atoms with Gasteiger partial charge < -0.3 is 38.6 Å². The fourth-order valence-electron chi connectivity index (χ4n) is 6.32. The summed E-state index contributed by atoms with van der Waals surface area (Å²) in [5.74, 6) is 4.33. The van der Waals surface area contributed by atoms with Gasteiger partial charge in [-0.2, -0.15) is 0 Å². The van der Waals surface area contributed by atoms with Crippen molar-refractivity contribution in [1.29, 1.82) is 0 Å². The lowest BCUT2D eigenvalue weighted by atomic mass is 9.96. The van der Waals surface area contributed by atoms with Crippen LogP contribution in [0.5, 0.6) is 0 Å². The summed E-state index contributed by atoms with van der Waals surface area (Å²) in [5.41, 5.74) is 3.18. The van der Waals surface area contributed by atoms with Gasteiger partial charge >= 0.3 is 0 Å². The predicted octanol–water partition coefficient (Wildman–Crippen LogP) is 4.77. The Morgan fingerprint density at radius 2 is 1.37 bits per heavy atom. The molecule has 294 valence electrons. The molecular formula is C41H55N3O10. The largest absolute Gasteiger partial charge is 0.378 e. The molecule has 3 aliphatic heterocycles. The second-order valence-electron chi connectivity index (χ2n) is 13.8. The molecular weight excluding hydrogens is 694 g/mol. The number of rotatable bonds is 16. The summed E-state index contributed by atoms with van der Waals surface area (Å²) < 4.78 is 35.2. The van der Waals surface area contributed by atoms with Crippen molar-refractivity contribution in [2.45, 2.75) is 102 Å². The molecule has 13 nitrogen and oxygen atoms in total. The van der Waals surface area contributed by atoms with Crippen molar-refractivity contribution in [2.24, 2.45) is 0 Å². The molecule has 13 heteroatoms. The Balaban J connectivity index is 1.16. The maximum absolute atomic E-state index is 13.5. The first-order valence-corrected chi connectivity index (χ1v) is 19.2. The number of nitrogens with zero attached hydrogens (tertiary/aromatic N) is 1. The van der Waals surface area contributed by atoms with Gasteiger partial charge in [-0.1, -0.05) is 24.0 Å². The molecule has 0 aromatic heterocycles. The van der Waals surface area contributed by atoms with Gasteiger partial charge in [-0.3, -0.25) is 14.4 Å². The first-order chi connectivity index (χ1) is 26.3. The SMILES string of the molecule is CNC(=O)[C@@](C)(C(=O)NOC1CCCCO1)N(C)C(=O)c1ccc(C#Cc2ccc(C(COCCCOC3CCCCO3)OC3CCCCO3)cc2)cc1. The molecule has 0 aliphatic carbocycles. The number of amides is 3. The molecule has 2 N–H and O–H groups in total. The standard InChI is InChI=1S/C41H55N3O10/c1-41(39(46)42-2,40(47)43-54-37-13-6-9-27-52-37)44(3)38(45)33-22-18-31(19-23-33)15-14-30-16-20-32(21-17-30)34(53-36-12-5-8-26-51-36)29-48-24-10-28-50-35-11-4-7-25-49-35/h16-23,34-37H,4-13,24-29H2,1-3H3,(H,42,46)(H,43,47)/t34?,35?,36?,37?,41-/m0/s1. The van der Waals surface area contributed by atoms with Crippen LogP contribution in [0.25, 0.3) is 0 Å². The number of hydrogen-bond donors (Lipinski definition) is 2. The second kappa shape index (κ2) is 21.3. The molecule has 0 spiro atoms. The second-order valence-corrected chi connectivity index (χ2v) is 13.8. The molecule has 3 saturated heterocycles. The van der Waals surface area contributed by atoms with E-state index < -0.39 is 29.6 Å². The number of ether oxygens (including phenoxy) is 6. The average molecular weight is 750 g/mol. The summed E-state index contributed by atoms with van der Waals surface area (Å²) in [7, 11) is 2.80. The third-order valence-corrected chi connectivity index (χ3v) is 9.87. The third kappa shape index (κ3) is 11.8. The van der Waals surface area contributed by atoms with Gasteiger partial charge in [0, 0.05) is 63.6 Å². The molecule has 4 unspecified atom stereocenters. The lowest BCUT2D eigenvalue weighted by Gasteiger charge is -2.36. The van der Waals surface area contributed by atoms with Crippen molar-refractivity contribution < 1.29 is 47.6 Å². The Morgan fingerprint density at radius 3 is 1.94 bits per heavy atom. The van der Waals surface area contributed by atoms with Crippen LogP contribution in [0.4, 0.5) is 0 Å². The number of carbonyl (C=O) groups is 3. The van der Waals surface area contributed by atoms with Gasteiger partial charge in [0.25, 0.3) is 17.7 Å². The van der Waals surface area contributed by atoms with E-state index in [1.807, 2.05) is 24.3 Å². The molecule has 54 heavy (non-hydrogen) atoms. The van der Waals surface area contributed by atoms with Gasteiger partial charge in [-0.15, -0.1) is 0 Å². The van der Waals surface area contributed by atoms with Gasteiger partial charge in [0.1, 0.15) is 6.10 Å². The lowest BCUT2D eigenvalue weighted by molar-refractivity contribution is -0.204. The molecule has 3 fully saturated rings. The van der Waals surface area contributed by atoms with Gasteiger partial charge in [0.15, 0.2) is 24.4 Å². The Hall–Kier alpha value is -3.87. The van der Waals surface area contributed by atoms with Gasteiger partial charge in [0.05, 0.1) is 13.2 Å². The van der Waals surface area contributed by atoms with Gasteiger partial charge in [0.2, 0.25) is 0 Å². The summed E-state index contributed by atoms with van der Waals surface area (Å²) in [6.07, 6.45) is 8.06. The fraction of sp³-hybridized carbons (Fsp3) is 0.585. The Kier molecular flexibility index (Phi) is 16.3. The topological polar surface area (TPSA) is 143 Å². The molecule has 0 radical (unpaired) electrons. The smallest absolute Gasteiger partial charge is 0.279 e. The van der Waals surface area contributed by atoms with E-state index in [4.69, 9.17) is 33.3 Å². The zero-order valence-corrected chi connectivity index (χ0v) is 31.8. The maximum atomic E-state index is 13.5. The summed E-state index contributed by atoms with van der Waals surface area (Å²) in [4.78, 5) is 46.2. The first kappa shape index (κ1) is 41.3. The van der Waals surface area contributed by atoms with Crippen molar-refractivity contribution >= 4 is 17.7 Å². The number of nitrogens with one attached hydrogen (secondary N) is 2. The molecule has 3 heterocycles. The Morgan fingerprint density at radius 1 is 0.796 bits per heavy atom. The summed E-state index contributed by atoms with van der Waals surface area (Å²) in [6, 6.07) is 14.6. The monoisotopic (exact) mass is 749 g/mol. The quantitative estimate of drug-likeness (QED) is 0.107. The van der Waals surface area contributed by atoms with E-state index in [1.165, 1.54) is 21.0 Å². The summed E-state index contributed by atoms with van der Waals surface area (Å²) in [6.45, 7) is 4.88. The van der Waals surface area contributed by atoms with Crippen molar-refractivity contribution in [3.8, 4) is 11.8 Å². The van der Waals surface area contributed by atoms with Crippen LogP contribution in [-0.4, -0.2) is 101 Å². The van der Waals surface area contributed by atoms with Gasteiger partial charge in [-0.05, 0) is 107 Å². The minimum atomic E-state index is -1.90. The van der Waals surface area contributed by atoms with Gasteiger partial charge in [-0.25, -0.2) is 10.3 Å². The van der Waals surface area contributed by atoms with Crippen LogP contribution in [0.2, 0.25) is 0 Å². The first-order valence-electron chi connectivity index (χ1n) is 19.2. The highest BCUT2D eigenvalue weighted by Crippen LogP contribution is 2.25. The molecule has 0 saturated carbocycles. The number of hydroxylamine groups is 1. The average Bonchev–Trinajstić information content (AvgIpc) is 3.23. The normalized spacial score (nSPS) is 21.8. The van der Waals surface area contributed by atoms with Crippen molar-refractivity contribution in [3.05, 3.63) is 70.8 Å². The van der Waals surface area contributed by atoms with Crippen LogP contribution < -0.4 is 10.8 Å². The molecule has 5 rings (SSSR count). The number of benzene rings is 2. The van der Waals surface area contributed by atoms with Crippen molar-refractivity contribution in [3.63, 3.8) is 0 Å². The zero-order valence-electron chi connectivity index (χ0n) is 31.8. The molecule has 3 aliphatic rings.